The molecule has 2 amide bonds. The van der Waals surface area contributed by atoms with Crippen LogP contribution in [-0.4, -0.2) is 44.3 Å². The minimum atomic E-state index is -0.402. The van der Waals surface area contributed by atoms with Gasteiger partial charge in [-0.05, 0) is 25.0 Å². The van der Waals surface area contributed by atoms with Crippen molar-refractivity contribution in [3.8, 4) is 0 Å². The van der Waals surface area contributed by atoms with Gasteiger partial charge in [-0.2, -0.15) is 0 Å². The van der Waals surface area contributed by atoms with Crippen molar-refractivity contribution in [3.63, 3.8) is 0 Å². The number of rotatable bonds is 4. The van der Waals surface area contributed by atoms with E-state index in [2.05, 4.69) is 9.97 Å². The lowest BCUT2D eigenvalue weighted by molar-refractivity contribution is -0.118. The van der Waals surface area contributed by atoms with Crippen LogP contribution in [0.25, 0.3) is 10.9 Å². The number of imidazole rings is 1. The molecular weight excluding hydrogens is 342 g/mol. The monoisotopic (exact) mass is 363 g/mol. The van der Waals surface area contributed by atoms with Crippen LogP contribution in [-0.2, 0) is 11.3 Å². The molecule has 0 radical (unpaired) electrons. The summed E-state index contributed by atoms with van der Waals surface area (Å²) in [6, 6.07) is 9.45. The van der Waals surface area contributed by atoms with Gasteiger partial charge < -0.3 is 15.2 Å². The van der Waals surface area contributed by atoms with E-state index in [-0.39, 0.29) is 18.4 Å². The molecule has 7 nitrogen and oxygen atoms in total. The van der Waals surface area contributed by atoms with E-state index in [1.54, 1.807) is 29.2 Å². The minimum Gasteiger partial charge on any atom is -0.368 e. The molecule has 2 N–H and O–H groups in total. The maximum atomic E-state index is 13.2. The summed E-state index contributed by atoms with van der Waals surface area (Å²) in [5.74, 6) is 0.503. The number of benzene rings is 1. The maximum Gasteiger partial charge on any atom is 0.254 e. The summed E-state index contributed by atoms with van der Waals surface area (Å²) in [7, 11) is 0. The van der Waals surface area contributed by atoms with Gasteiger partial charge in [0, 0.05) is 43.0 Å². The first-order valence-corrected chi connectivity index (χ1v) is 9.06. The number of hydrogen-bond acceptors (Lipinski definition) is 4. The zero-order valence-electron chi connectivity index (χ0n) is 14.9. The van der Waals surface area contributed by atoms with E-state index in [4.69, 9.17) is 5.73 Å². The van der Waals surface area contributed by atoms with Crippen LogP contribution in [0.2, 0.25) is 0 Å². The van der Waals surface area contributed by atoms with Crippen molar-refractivity contribution in [2.24, 2.45) is 5.73 Å². The SMILES string of the molecule is NC(=O)Cn1ccnc1[C@@H]1CCCN(C(=O)c2ccnc3ccccc23)C1. The third kappa shape index (κ3) is 3.40. The molecular formula is C20H21N5O2. The highest BCUT2D eigenvalue weighted by atomic mass is 16.2. The quantitative estimate of drug-likeness (QED) is 0.766. The predicted molar refractivity (Wildman–Crippen MR) is 101 cm³/mol. The van der Waals surface area contributed by atoms with Crippen molar-refractivity contribution in [3.05, 3.63) is 60.3 Å². The summed E-state index contributed by atoms with van der Waals surface area (Å²) >= 11 is 0. The standard InChI is InChI=1S/C20H21N5O2/c21-18(26)13-24-11-9-23-19(24)14-4-3-10-25(12-14)20(27)16-7-8-22-17-6-2-1-5-15(16)17/h1-2,5-9,11,14H,3-4,10,12-13H2,(H2,21,26)/t14-/m1/s1. The third-order valence-electron chi connectivity index (χ3n) is 5.03. The first-order valence-electron chi connectivity index (χ1n) is 9.06. The summed E-state index contributed by atoms with van der Waals surface area (Å²) in [5.41, 5.74) is 6.81. The van der Waals surface area contributed by atoms with Gasteiger partial charge in [-0.15, -0.1) is 0 Å². The molecule has 3 heterocycles. The number of carbonyl (C=O) groups excluding carboxylic acids is 2. The van der Waals surface area contributed by atoms with Crippen molar-refractivity contribution in [2.45, 2.75) is 25.3 Å². The number of para-hydroxylation sites is 1. The average Bonchev–Trinajstić information content (AvgIpc) is 3.14. The summed E-state index contributed by atoms with van der Waals surface area (Å²) in [5, 5.41) is 0.863. The molecule has 1 aromatic carbocycles. The molecule has 27 heavy (non-hydrogen) atoms. The molecule has 4 rings (SSSR count). The number of carbonyl (C=O) groups is 2. The molecule has 2 aromatic heterocycles. The van der Waals surface area contributed by atoms with Gasteiger partial charge in [0.25, 0.3) is 5.91 Å². The van der Waals surface area contributed by atoms with E-state index in [1.165, 1.54) is 0 Å². The molecule has 0 unspecified atom stereocenters. The van der Waals surface area contributed by atoms with E-state index in [9.17, 15) is 9.59 Å². The summed E-state index contributed by atoms with van der Waals surface area (Å²) in [4.78, 5) is 35.1. The van der Waals surface area contributed by atoms with Crippen LogP contribution < -0.4 is 5.73 Å². The van der Waals surface area contributed by atoms with Crippen LogP contribution in [0.4, 0.5) is 0 Å². The fraction of sp³-hybridized carbons (Fsp3) is 0.300. The number of aromatic nitrogens is 3. The zero-order valence-corrected chi connectivity index (χ0v) is 14.9. The van der Waals surface area contributed by atoms with E-state index in [0.717, 1.165) is 29.6 Å². The molecule has 0 aliphatic carbocycles. The van der Waals surface area contributed by atoms with Crippen LogP contribution in [0, 0.1) is 0 Å². The van der Waals surface area contributed by atoms with E-state index >= 15 is 0 Å². The number of piperidine rings is 1. The van der Waals surface area contributed by atoms with Crippen LogP contribution in [0.1, 0.15) is 34.9 Å². The van der Waals surface area contributed by atoms with Gasteiger partial charge in [-0.25, -0.2) is 4.98 Å². The Morgan fingerprint density at radius 3 is 2.85 bits per heavy atom. The van der Waals surface area contributed by atoms with E-state index < -0.39 is 5.91 Å². The molecule has 3 aromatic rings. The van der Waals surface area contributed by atoms with Gasteiger partial charge in [-0.1, -0.05) is 18.2 Å². The number of nitrogens with zero attached hydrogens (tertiary/aromatic N) is 4. The molecule has 0 saturated carbocycles. The Morgan fingerprint density at radius 1 is 1.15 bits per heavy atom. The Bertz CT molecular complexity index is 991. The number of primary amides is 1. The largest absolute Gasteiger partial charge is 0.368 e. The molecule has 0 spiro atoms. The lowest BCUT2D eigenvalue weighted by Gasteiger charge is -2.33. The average molecular weight is 363 g/mol. The Hall–Kier alpha value is -3.22. The van der Waals surface area contributed by atoms with E-state index in [0.29, 0.717) is 18.7 Å². The van der Waals surface area contributed by atoms with Crippen molar-refractivity contribution >= 4 is 22.7 Å². The Kier molecular flexibility index (Phi) is 4.58. The maximum absolute atomic E-state index is 13.2. The summed E-state index contributed by atoms with van der Waals surface area (Å²) in [6.45, 7) is 1.39. The smallest absolute Gasteiger partial charge is 0.254 e. The van der Waals surface area contributed by atoms with Crippen molar-refractivity contribution in [1.29, 1.82) is 0 Å². The number of amides is 2. The van der Waals surface area contributed by atoms with Crippen molar-refractivity contribution < 1.29 is 9.59 Å². The summed E-state index contributed by atoms with van der Waals surface area (Å²) in [6.07, 6.45) is 6.93. The number of hydrogen-bond donors (Lipinski definition) is 1. The fourth-order valence-electron chi connectivity index (χ4n) is 3.81. The van der Waals surface area contributed by atoms with Gasteiger partial charge in [-0.3, -0.25) is 14.6 Å². The minimum absolute atomic E-state index is 0.00584. The molecule has 1 fully saturated rings. The number of pyridine rings is 1. The number of nitrogens with two attached hydrogens (primary N) is 1. The zero-order chi connectivity index (χ0) is 18.8. The van der Waals surface area contributed by atoms with Crippen molar-refractivity contribution in [1.82, 2.24) is 19.4 Å². The van der Waals surface area contributed by atoms with Gasteiger partial charge in [0.2, 0.25) is 5.91 Å². The number of likely N-dealkylation sites (tertiary alicyclic amines) is 1. The van der Waals surface area contributed by atoms with Crippen LogP contribution in [0.5, 0.6) is 0 Å². The predicted octanol–water partition coefficient (Wildman–Crippen LogP) is 1.94. The lowest BCUT2D eigenvalue weighted by atomic mass is 9.96. The first-order chi connectivity index (χ1) is 13.1. The van der Waals surface area contributed by atoms with Gasteiger partial charge in [0.05, 0.1) is 11.1 Å². The second-order valence-electron chi connectivity index (χ2n) is 6.85. The third-order valence-corrected chi connectivity index (χ3v) is 5.03. The Balaban J connectivity index is 1.59. The van der Waals surface area contributed by atoms with Gasteiger partial charge in [0.1, 0.15) is 12.4 Å². The summed E-state index contributed by atoms with van der Waals surface area (Å²) < 4.78 is 1.78. The van der Waals surface area contributed by atoms with Crippen LogP contribution >= 0.6 is 0 Å². The fourth-order valence-corrected chi connectivity index (χ4v) is 3.81. The number of fused-ring (bicyclic) bond motifs is 1. The molecule has 1 aliphatic heterocycles. The Morgan fingerprint density at radius 2 is 2.00 bits per heavy atom. The molecule has 1 aliphatic rings. The second kappa shape index (κ2) is 7.19. The first kappa shape index (κ1) is 17.2. The van der Waals surface area contributed by atoms with Gasteiger partial charge >= 0.3 is 0 Å². The van der Waals surface area contributed by atoms with Crippen LogP contribution in [0.15, 0.2) is 48.9 Å². The van der Waals surface area contributed by atoms with Gasteiger partial charge in [0.15, 0.2) is 0 Å². The second-order valence-corrected chi connectivity index (χ2v) is 6.85. The van der Waals surface area contributed by atoms with Crippen LogP contribution in [0.3, 0.4) is 0 Å². The topological polar surface area (TPSA) is 94.1 Å². The highest BCUT2D eigenvalue weighted by molar-refractivity contribution is 6.06. The Labute approximate surface area is 156 Å². The molecule has 1 atom stereocenters. The van der Waals surface area contributed by atoms with E-state index in [1.807, 2.05) is 29.2 Å². The molecule has 1 saturated heterocycles. The normalized spacial score (nSPS) is 17.2. The molecule has 7 heteroatoms. The lowest BCUT2D eigenvalue weighted by Crippen LogP contribution is -2.40. The molecule has 0 bridgehead atoms. The molecule has 138 valence electrons. The highest BCUT2D eigenvalue weighted by Crippen LogP contribution is 2.28. The van der Waals surface area contributed by atoms with Crippen molar-refractivity contribution in [2.75, 3.05) is 13.1 Å². The highest BCUT2D eigenvalue weighted by Gasteiger charge is 2.28.